The standard InChI is InChI=1S/C18H17N3O4S/c1-11-5-7-13(8-6-11)21-17(24)15(10-16(22)23)26-18(21)20-19-12(2)14-4-3-9-25-14/h3-9,15H,10H2,1-2H3,(H,22,23)/b19-12+,20-18+/t15-/m1/s1. The zero-order valence-corrected chi connectivity index (χ0v) is 15.1. The number of amidine groups is 1. The van der Waals surface area contributed by atoms with Crippen LogP contribution in [0.15, 0.2) is 57.3 Å². The molecule has 134 valence electrons. The summed E-state index contributed by atoms with van der Waals surface area (Å²) in [5.41, 5.74) is 2.24. The summed E-state index contributed by atoms with van der Waals surface area (Å²) in [6.07, 6.45) is 1.27. The number of hydrogen-bond acceptors (Lipinski definition) is 6. The highest BCUT2D eigenvalue weighted by atomic mass is 32.2. The normalized spacial score (nSPS) is 19.4. The molecule has 1 N–H and O–H groups in total. The van der Waals surface area contributed by atoms with Gasteiger partial charge in [-0.2, -0.15) is 0 Å². The van der Waals surface area contributed by atoms with Gasteiger partial charge in [0.25, 0.3) is 0 Å². The molecule has 0 saturated carbocycles. The predicted octanol–water partition coefficient (Wildman–Crippen LogP) is 3.29. The Bertz CT molecular complexity index is 872. The number of rotatable bonds is 5. The van der Waals surface area contributed by atoms with Crippen LogP contribution in [-0.2, 0) is 9.59 Å². The third-order valence-electron chi connectivity index (χ3n) is 3.75. The number of nitrogens with zero attached hydrogens (tertiary/aromatic N) is 3. The van der Waals surface area contributed by atoms with Crippen LogP contribution in [0.2, 0.25) is 0 Å². The fourth-order valence-electron chi connectivity index (χ4n) is 2.41. The van der Waals surface area contributed by atoms with Crippen molar-refractivity contribution in [2.45, 2.75) is 25.5 Å². The largest absolute Gasteiger partial charge is 0.481 e. The van der Waals surface area contributed by atoms with Gasteiger partial charge in [-0.3, -0.25) is 14.5 Å². The SMILES string of the molecule is C/C(=N\N=C1\S[C@H](CC(=O)O)C(=O)N1c1ccc(C)cc1)c1ccco1. The molecule has 1 atom stereocenters. The van der Waals surface area contributed by atoms with E-state index in [4.69, 9.17) is 9.52 Å². The molecule has 1 amide bonds. The number of hydrogen-bond donors (Lipinski definition) is 1. The molecule has 0 spiro atoms. The van der Waals surface area contributed by atoms with Crippen molar-refractivity contribution in [3.63, 3.8) is 0 Å². The van der Waals surface area contributed by atoms with Gasteiger partial charge in [-0.15, -0.1) is 10.2 Å². The first-order valence-electron chi connectivity index (χ1n) is 7.91. The topological polar surface area (TPSA) is 95.5 Å². The number of anilines is 1. The smallest absolute Gasteiger partial charge is 0.305 e. The van der Waals surface area contributed by atoms with Crippen LogP contribution in [-0.4, -0.2) is 33.1 Å². The molecular formula is C18H17N3O4S. The Kier molecular flexibility index (Phi) is 5.22. The number of furan rings is 1. The summed E-state index contributed by atoms with van der Waals surface area (Å²) in [4.78, 5) is 25.2. The average Bonchev–Trinajstić information content (AvgIpc) is 3.23. The third kappa shape index (κ3) is 3.85. The molecule has 1 aromatic heterocycles. The van der Waals surface area contributed by atoms with Crippen molar-refractivity contribution < 1.29 is 19.1 Å². The lowest BCUT2D eigenvalue weighted by Crippen LogP contribution is -2.32. The van der Waals surface area contributed by atoms with Crippen molar-refractivity contribution in [1.29, 1.82) is 0 Å². The number of carbonyl (C=O) groups is 2. The molecule has 26 heavy (non-hydrogen) atoms. The van der Waals surface area contributed by atoms with Crippen molar-refractivity contribution in [2.75, 3.05) is 4.90 Å². The first kappa shape index (κ1) is 17.9. The Morgan fingerprint density at radius 3 is 2.65 bits per heavy atom. The lowest BCUT2D eigenvalue weighted by molar-refractivity contribution is -0.138. The van der Waals surface area contributed by atoms with Crippen molar-refractivity contribution in [3.05, 3.63) is 54.0 Å². The molecule has 0 aliphatic carbocycles. The van der Waals surface area contributed by atoms with Gasteiger partial charge in [0.05, 0.1) is 18.4 Å². The second-order valence-electron chi connectivity index (χ2n) is 5.76. The van der Waals surface area contributed by atoms with Crippen molar-refractivity contribution in [2.24, 2.45) is 10.2 Å². The number of carbonyl (C=O) groups excluding carboxylic acids is 1. The molecule has 1 aromatic carbocycles. The van der Waals surface area contributed by atoms with E-state index in [1.165, 1.54) is 11.2 Å². The van der Waals surface area contributed by atoms with Gasteiger partial charge in [0, 0.05) is 0 Å². The summed E-state index contributed by atoms with van der Waals surface area (Å²) < 4.78 is 5.26. The van der Waals surface area contributed by atoms with Crippen molar-refractivity contribution in [1.82, 2.24) is 0 Å². The van der Waals surface area contributed by atoms with Gasteiger partial charge in [0.15, 0.2) is 5.17 Å². The Labute approximate surface area is 154 Å². The van der Waals surface area contributed by atoms with E-state index in [0.717, 1.165) is 17.3 Å². The Hall–Kier alpha value is -2.87. The highest BCUT2D eigenvalue weighted by Crippen LogP contribution is 2.34. The van der Waals surface area contributed by atoms with E-state index >= 15 is 0 Å². The van der Waals surface area contributed by atoms with Gasteiger partial charge in [-0.25, -0.2) is 0 Å². The predicted molar refractivity (Wildman–Crippen MR) is 101 cm³/mol. The second-order valence-corrected chi connectivity index (χ2v) is 6.93. The Morgan fingerprint density at radius 1 is 1.31 bits per heavy atom. The van der Waals surface area contributed by atoms with E-state index in [-0.39, 0.29) is 12.3 Å². The summed E-state index contributed by atoms with van der Waals surface area (Å²) in [6.45, 7) is 3.69. The van der Waals surface area contributed by atoms with E-state index < -0.39 is 11.2 Å². The van der Waals surface area contributed by atoms with Crippen molar-refractivity contribution >= 4 is 40.2 Å². The number of carboxylic acid groups (broad SMARTS) is 1. The molecule has 7 nitrogen and oxygen atoms in total. The number of thioether (sulfide) groups is 1. The number of aliphatic carboxylic acids is 1. The quantitative estimate of drug-likeness (QED) is 0.643. The molecular weight excluding hydrogens is 354 g/mol. The zero-order valence-electron chi connectivity index (χ0n) is 14.2. The van der Waals surface area contributed by atoms with Gasteiger partial charge in [0.1, 0.15) is 16.7 Å². The van der Waals surface area contributed by atoms with E-state index in [1.807, 2.05) is 19.1 Å². The molecule has 0 bridgehead atoms. The molecule has 2 aromatic rings. The van der Waals surface area contributed by atoms with Crippen LogP contribution in [0.5, 0.6) is 0 Å². The first-order valence-corrected chi connectivity index (χ1v) is 8.79. The van der Waals surface area contributed by atoms with Crippen LogP contribution in [0, 0.1) is 6.92 Å². The fraction of sp³-hybridized carbons (Fsp3) is 0.222. The number of aryl methyl sites for hydroxylation is 1. The maximum atomic E-state index is 12.7. The molecule has 3 rings (SSSR count). The monoisotopic (exact) mass is 371 g/mol. The Balaban J connectivity index is 1.95. The lowest BCUT2D eigenvalue weighted by atomic mass is 10.2. The average molecular weight is 371 g/mol. The fourth-order valence-corrected chi connectivity index (χ4v) is 3.48. The van der Waals surface area contributed by atoms with Gasteiger partial charge in [-0.05, 0) is 38.1 Å². The molecule has 0 radical (unpaired) electrons. The van der Waals surface area contributed by atoms with E-state index in [2.05, 4.69) is 10.2 Å². The van der Waals surface area contributed by atoms with Gasteiger partial charge >= 0.3 is 5.97 Å². The second kappa shape index (κ2) is 7.57. The van der Waals surface area contributed by atoms with Crippen LogP contribution in [0.1, 0.15) is 24.7 Å². The number of amides is 1. The minimum atomic E-state index is -1.03. The van der Waals surface area contributed by atoms with E-state index in [1.54, 1.807) is 31.2 Å². The molecule has 1 saturated heterocycles. The van der Waals surface area contributed by atoms with E-state index in [0.29, 0.717) is 22.3 Å². The molecule has 1 aliphatic heterocycles. The van der Waals surface area contributed by atoms with Crippen LogP contribution in [0.25, 0.3) is 0 Å². The van der Waals surface area contributed by atoms with Gasteiger partial charge < -0.3 is 9.52 Å². The first-order chi connectivity index (χ1) is 12.5. The molecule has 1 fully saturated rings. The van der Waals surface area contributed by atoms with Crippen LogP contribution >= 0.6 is 11.8 Å². The van der Waals surface area contributed by atoms with Gasteiger partial charge in [-0.1, -0.05) is 29.5 Å². The summed E-state index contributed by atoms with van der Waals surface area (Å²) in [5, 5.41) is 17.0. The highest BCUT2D eigenvalue weighted by molar-refractivity contribution is 8.16. The third-order valence-corrected chi connectivity index (χ3v) is 4.88. The van der Waals surface area contributed by atoms with E-state index in [9.17, 15) is 9.59 Å². The van der Waals surface area contributed by atoms with Crippen LogP contribution < -0.4 is 4.90 Å². The summed E-state index contributed by atoms with van der Waals surface area (Å²) in [7, 11) is 0. The maximum Gasteiger partial charge on any atom is 0.305 e. The Morgan fingerprint density at radius 2 is 2.04 bits per heavy atom. The lowest BCUT2D eigenvalue weighted by Gasteiger charge is -2.15. The maximum absolute atomic E-state index is 12.7. The molecule has 1 aliphatic rings. The molecule has 2 heterocycles. The minimum absolute atomic E-state index is 0.272. The van der Waals surface area contributed by atoms with Crippen LogP contribution in [0.4, 0.5) is 5.69 Å². The van der Waals surface area contributed by atoms with Crippen LogP contribution in [0.3, 0.4) is 0 Å². The highest BCUT2D eigenvalue weighted by Gasteiger charge is 2.40. The zero-order chi connectivity index (χ0) is 18.7. The summed E-state index contributed by atoms with van der Waals surface area (Å²) in [5.74, 6) is -0.769. The van der Waals surface area contributed by atoms with Crippen molar-refractivity contribution in [3.8, 4) is 0 Å². The molecule has 8 heteroatoms. The number of carboxylic acids is 1. The summed E-state index contributed by atoms with van der Waals surface area (Å²) >= 11 is 1.10. The number of benzene rings is 1. The summed E-state index contributed by atoms with van der Waals surface area (Å²) in [6, 6.07) is 10.9. The minimum Gasteiger partial charge on any atom is -0.481 e. The molecule has 0 unspecified atom stereocenters. The van der Waals surface area contributed by atoms with Gasteiger partial charge in [0.2, 0.25) is 5.91 Å².